The number of aryl methyl sites for hydroxylation is 2. The van der Waals surface area contributed by atoms with E-state index in [1.807, 2.05) is 28.8 Å². The van der Waals surface area contributed by atoms with E-state index in [2.05, 4.69) is 44.1 Å². The molecule has 0 aliphatic carbocycles. The molecule has 1 aliphatic rings. The maximum Gasteiger partial charge on any atom is 0.227 e. The van der Waals surface area contributed by atoms with E-state index in [0.717, 1.165) is 37.2 Å². The zero-order valence-electron chi connectivity index (χ0n) is 15.7. The first-order valence-electron chi connectivity index (χ1n) is 8.96. The van der Waals surface area contributed by atoms with Crippen LogP contribution >= 0.6 is 0 Å². The van der Waals surface area contributed by atoms with Crippen molar-refractivity contribution in [3.05, 3.63) is 52.8 Å². The molecule has 1 aromatic heterocycles. The van der Waals surface area contributed by atoms with E-state index in [4.69, 9.17) is 5.10 Å². The predicted octanol–water partition coefficient (Wildman–Crippen LogP) is 2.70. The van der Waals surface area contributed by atoms with Gasteiger partial charge in [0.05, 0.1) is 23.9 Å². The van der Waals surface area contributed by atoms with E-state index in [1.165, 1.54) is 11.3 Å². The molecule has 134 valence electrons. The summed E-state index contributed by atoms with van der Waals surface area (Å²) in [6, 6.07) is 10.5. The number of hydrogen-bond donors (Lipinski definition) is 0. The smallest absolute Gasteiger partial charge is 0.227 e. The first kappa shape index (κ1) is 17.7. The zero-order valence-corrected chi connectivity index (χ0v) is 15.7. The third-order valence-electron chi connectivity index (χ3n) is 4.83. The van der Waals surface area contributed by atoms with Crippen molar-refractivity contribution >= 4 is 5.91 Å². The van der Waals surface area contributed by atoms with Crippen LogP contribution in [0.25, 0.3) is 0 Å². The Labute approximate surface area is 150 Å². The number of hydrogen-bond acceptors (Lipinski definition) is 3. The number of carbonyl (C=O) groups excluding carboxylic acids is 1. The molecule has 5 nitrogen and oxygen atoms in total. The minimum Gasteiger partial charge on any atom is -0.334 e. The van der Waals surface area contributed by atoms with Gasteiger partial charge in [0.25, 0.3) is 0 Å². The number of benzene rings is 1. The molecule has 1 aliphatic heterocycles. The fraction of sp³-hybridized carbons (Fsp3) is 0.500. The van der Waals surface area contributed by atoms with Crippen LogP contribution in [0.4, 0.5) is 0 Å². The number of nitrogens with zero attached hydrogens (tertiary/aromatic N) is 4. The largest absolute Gasteiger partial charge is 0.334 e. The topological polar surface area (TPSA) is 41.4 Å². The molecule has 0 spiro atoms. The molecule has 2 aromatic rings. The summed E-state index contributed by atoms with van der Waals surface area (Å²) < 4.78 is 1.94. The van der Waals surface area contributed by atoms with Crippen molar-refractivity contribution in [1.29, 1.82) is 0 Å². The minimum atomic E-state index is 0.111. The van der Waals surface area contributed by atoms with Gasteiger partial charge < -0.3 is 9.80 Å². The lowest BCUT2D eigenvalue weighted by molar-refractivity contribution is -0.131. The average Bonchev–Trinajstić information content (AvgIpc) is 3.14. The molecule has 0 radical (unpaired) electrons. The standard InChI is InChI=1S/C20H28N4O/c1-15-7-5-8-16(11-15)12-20(25)24-10-6-9-19(24)18-13-17(14-22(2)3)23(4)21-18/h5,7-8,11,13,19H,6,9-10,12,14H2,1-4H3. The molecular formula is C20H28N4O. The fourth-order valence-electron chi connectivity index (χ4n) is 3.64. The van der Waals surface area contributed by atoms with Gasteiger partial charge >= 0.3 is 0 Å². The highest BCUT2D eigenvalue weighted by Crippen LogP contribution is 2.32. The quantitative estimate of drug-likeness (QED) is 0.840. The molecule has 0 N–H and O–H groups in total. The van der Waals surface area contributed by atoms with Gasteiger partial charge in [0.15, 0.2) is 0 Å². The van der Waals surface area contributed by atoms with Crippen molar-refractivity contribution < 1.29 is 4.79 Å². The van der Waals surface area contributed by atoms with Gasteiger partial charge in [-0.25, -0.2) is 0 Å². The zero-order chi connectivity index (χ0) is 18.0. The molecule has 0 saturated carbocycles. The van der Waals surface area contributed by atoms with Crippen LogP contribution in [0.15, 0.2) is 30.3 Å². The Morgan fingerprint density at radius 3 is 2.84 bits per heavy atom. The third kappa shape index (κ3) is 4.10. The van der Waals surface area contributed by atoms with E-state index in [-0.39, 0.29) is 11.9 Å². The Balaban J connectivity index is 1.75. The van der Waals surface area contributed by atoms with Crippen LogP contribution in [0.3, 0.4) is 0 Å². The molecule has 1 saturated heterocycles. The Kier molecular flexibility index (Phi) is 5.23. The van der Waals surface area contributed by atoms with Gasteiger partial charge in [-0.2, -0.15) is 5.10 Å². The van der Waals surface area contributed by atoms with Crippen LogP contribution in [0, 0.1) is 6.92 Å². The minimum absolute atomic E-state index is 0.111. The predicted molar refractivity (Wildman–Crippen MR) is 99.2 cm³/mol. The highest BCUT2D eigenvalue weighted by atomic mass is 16.2. The Morgan fingerprint density at radius 1 is 1.32 bits per heavy atom. The molecule has 25 heavy (non-hydrogen) atoms. The molecule has 1 fully saturated rings. The Morgan fingerprint density at radius 2 is 2.12 bits per heavy atom. The average molecular weight is 340 g/mol. The summed E-state index contributed by atoms with van der Waals surface area (Å²) in [5.74, 6) is 0.202. The van der Waals surface area contributed by atoms with Crippen LogP contribution in [-0.4, -0.2) is 46.1 Å². The van der Waals surface area contributed by atoms with E-state index in [9.17, 15) is 4.79 Å². The van der Waals surface area contributed by atoms with Gasteiger partial charge in [0.2, 0.25) is 5.91 Å². The molecule has 1 aromatic carbocycles. The van der Waals surface area contributed by atoms with Crippen LogP contribution < -0.4 is 0 Å². The van der Waals surface area contributed by atoms with Crippen molar-refractivity contribution in [3.63, 3.8) is 0 Å². The summed E-state index contributed by atoms with van der Waals surface area (Å²) in [6.45, 7) is 3.75. The summed E-state index contributed by atoms with van der Waals surface area (Å²) in [4.78, 5) is 17.0. The molecule has 0 bridgehead atoms. The number of carbonyl (C=O) groups is 1. The van der Waals surface area contributed by atoms with Gasteiger partial charge in [0, 0.05) is 20.1 Å². The highest BCUT2D eigenvalue weighted by Gasteiger charge is 2.31. The second-order valence-corrected chi connectivity index (χ2v) is 7.33. The molecule has 1 atom stereocenters. The van der Waals surface area contributed by atoms with Crippen molar-refractivity contribution in [3.8, 4) is 0 Å². The summed E-state index contributed by atoms with van der Waals surface area (Å²) in [5.41, 5.74) is 4.48. The summed E-state index contributed by atoms with van der Waals surface area (Å²) in [5, 5.41) is 4.70. The van der Waals surface area contributed by atoms with Crippen molar-refractivity contribution in [2.24, 2.45) is 7.05 Å². The van der Waals surface area contributed by atoms with Gasteiger partial charge in [0.1, 0.15) is 0 Å². The SMILES string of the molecule is Cc1cccc(CC(=O)N2CCCC2c2cc(CN(C)C)n(C)n2)c1. The fourth-order valence-corrected chi connectivity index (χ4v) is 3.64. The maximum atomic E-state index is 12.9. The lowest BCUT2D eigenvalue weighted by Crippen LogP contribution is -2.32. The summed E-state index contributed by atoms with van der Waals surface area (Å²) >= 11 is 0. The molecule has 2 heterocycles. The maximum absolute atomic E-state index is 12.9. The second kappa shape index (κ2) is 7.40. The lowest BCUT2D eigenvalue weighted by Gasteiger charge is -2.23. The van der Waals surface area contributed by atoms with Crippen LogP contribution in [-0.2, 0) is 24.8 Å². The third-order valence-corrected chi connectivity index (χ3v) is 4.83. The number of aromatic nitrogens is 2. The normalized spacial score (nSPS) is 17.5. The number of rotatable bonds is 5. The molecule has 3 rings (SSSR count). The van der Waals surface area contributed by atoms with Crippen molar-refractivity contribution in [2.75, 3.05) is 20.6 Å². The van der Waals surface area contributed by atoms with Gasteiger partial charge in [-0.05, 0) is 45.5 Å². The van der Waals surface area contributed by atoms with E-state index >= 15 is 0 Å². The first-order valence-corrected chi connectivity index (χ1v) is 8.96. The summed E-state index contributed by atoms with van der Waals surface area (Å²) in [7, 11) is 6.09. The highest BCUT2D eigenvalue weighted by molar-refractivity contribution is 5.79. The van der Waals surface area contributed by atoms with Crippen LogP contribution in [0.5, 0.6) is 0 Å². The second-order valence-electron chi connectivity index (χ2n) is 7.33. The number of likely N-dealkylation sites (tertiary alicyclic amines) is 1. The van der Waals surface area contributed by atoms with Gasteiger partial charge in [-0.3, -0.25) is 9.48 Å². The molecule has 1 unspecified atom stereocenters. The molecule has 5 heteroatoms. The van der Waals surface area contributed by atoms with Crippen molar-refractivity contribution in [2.45, 2.75) is 38.8 Å². The van der Waals surface area contributed by atoms with Crippen molar-refractivity contribution in [1.82, 2.24) is 19.6 Å². The van der Waals surface area contributed by atoms with Gasteiger partial charge in [-0.15, -0.1) is 0 Å². The van der Waals surface area contributed by atoms with E-state index < -0.39 is 0 Å². The van der Waals surface area contributed by atoms with E-state index in [1.54, 1.807) is 0 Å². The first-order chi connectivity index (χ1) is 11.9. The Bertz CT molecular complexity index is 750. The van der Waals surface area contributed by atoms with Crippen LogP contribution in [0.2, 0.25) is 0 Å². The summed E-state index contributed by atoms with van der Waals surface area (Å²) in [6.07, 6.45) is 2.51. The van der Waals surface area contributed by atoms with Gasteiger partial charge in [-0.1, -0.05) is 29.8 Å². The van der Waals surface area contributed by atoms with E-state index in [0.29, 0.717) is 6.42 Å². The number of amides is 1. The Hall–Kier alpha value is -2.14. The molecular weight excluding hydrogens is 312 g/mol. The van der Waals surface area contributed by atoms with Crippen LogP contribution in [0.1, 0.15) is 41.4 Å². The lowest BCUT2D eigenvalue weighted by atomic mass is 10.1. The monoisotopic (exact) mass is 340 g/mol. The molecule has 1 amide bonds.